The summed E-state index contributed by atoms with van der Waals surface area (Å²) in [7, 11) is 0. The first-order valence-corrected chi connectivity index (χ1v) is 2.11. The van der Waals surface area contributed by atoms with E-state index in [1.165, 1.54) is 0 Å². The van der Waals surface area contributed by atoms with Crippen molar-refractivity contribution in [2.24, 2.45) is 0 Å². The summed E-state index contributed by atoms with van der Waals surface area (Å²) in [4.78, 5) is 0. The van der Waals surface area contributed by atoms with Crippen LogP contribution in [0.25, 0.3) is 0 Å². The zero-order chi connectivity index (χ0) is 4.50. The van der Waals surface area contributed by atoms with E-state index in [2.05, 4.69) is 0 Å². The molecule has 0 aliphatic carbocycles. The van der Waals surface area contributed by atoms with Crippen molar-refractivity contribution in [3.63, 3.8) is 0 Å². The molecule has 0 aliphatic rings. The number of halogens is 1. The van der Waals surface area contributed by atoms with Gasteiger partial charge in [0.15, 0.2) is 0 Å². The Kier molecular flexibility index (Phi) is 12.5. The van der Waals surface area contributed by atoms with Gasteiger partial charge < -0.3 is 25.0 Å². The maximum Gasteiger partial charge on any atom is 2.00 e. The van der Waals surface area contributed by atoms with E-state index in [9.17, 15) is 0 Å². The van der Waals surface area contributed by atoms with Crippen molar-refractivity contribution in [1.29, 1.82) is 0 Å². The Hall–Kier alpha value is 1.41. The molecule has 0 radical (unpaired) electrons. The molecular weight excluding hydrogens is 140 g/mol. The van der Waals surface area contributed by atoms with Gasteiger partial charge in [0.2, 0.25) is 0 Å². The zero-order valence-corrected chi connectivity index (χ0v) is 7.98. The average molecular weight is 149 g/mol. The van der Waals surface area contributed by atoms with Crippen molar-refractivity contribution in [1.82, 2.24) is 0 Å². The molecule has 0 saturated carbocycles. The van der Waals surface area contributed by atoms with Gasteiger partial charge in [-0.2, -0.15) is 4.75 Å². The molecular formula is C4H9ClMgS. The van der Waals surface area contributed by atoms with Gasteiger partial charge >= 0.3 is 23.1 Å². The van der Waals surface area contributed by atoms with Crippen molar-refractivity contribution < 1.29 is 12.4 Å². The van der Waals surface area contributed by atoms with Crippen LogP contribution in [0.5, 0.6) is 0 Å². The third-order valence-electron chi connectivity index (χ3n) is 0. The van der Waals surface area contributed by atoms with Gasteiger partial charge in [-0.3, -0.25) is 0 Å². The Morgan fingerprint density at radius 2 is 1.14 bits per heavy atom. The summed E-state index contributed by atoms with van der Waals surface area (Å²) in [6.07, 6.45) is 0. The molecule has 0 aromatic rings. The van der Waals surface area contributed by atoms with Gasteiger partial charge in [-0.25, -0.2) is 0 Å². The normalized spacial score (nSPS) is 8.57. The molecule has 7 heavy (non-hydrogen) atoms. The standard InChI is InChI=1S/C4H10S.ClH.Mg/c1-4(2,3)5;;/h5H,1-3H3;1H;/q;;+2/p-2. The molecule has 0 saturated heterocycles. The zero-order valence-electron chi connectivity index (χ0n) is 4.99. The first kappa shape index (κ1) is 15.8. The van der Waals surface area contributed by atoms with Crippen LogP contribution in [-0.4, -0.2) is 27.8 Å². The van der Waals surface area contributed by atoms with Crippen LogP contribution >= 0.6 is 0 Å². The van der Waals surface area contributed by atoms with Crippen LogP contribution in [0.15, 0.2) is 0 Å². The molecule has 0 bridgehead atoms. The van der Waals surface area contributed by atoms with E-state index in [-0.39, 0.29) is 40.2 Å². The fourth-order valence-electron chi connectivity index (χ4n) is 0. The van der Waals surface area contributed by atoms with E-state index in [4.69, 9.17) is 12.6 Å². The van der Waals surface area contributed by atoms with E-state index in [1.807, 2.05) is 20.8 Å². The molecule has 0 aromatic carbocycles. The predicted octanol–water partition coefficient (Wildman–Crippen LogP) is -2.04. The fourth-order valence-corrected chi connectivity index (χ4v) is 0. The predicted molar refractivity (Wildman–Crippen MR) is 32.9 cm³/mol. The average Bonchev–Trinajstić information content (AvgIpc) is 0.722. The first-order chi connectivity index (χ1) is 2.00. The van der Waals surface area contributed by atoms with Crippen LogP contribution in [0.4, 0.5) is 0 Å². The molecule has 3 heteroatoms. The minimum Gasteiger partial charge on any atom is -1.00 e. The van der Waals surface area contributed by atoms with E-state index in [0.29, 0.717) is 0 Å². The van der Waals surface area contributed by atoms with Gasteiger partial charge in [-0.15, -0.1) is 0 Å². The maximum atomic E-state index is 4.83. The van der Waals surface area contributed by atoms with Gasteiger partial charge in [0.25, 0.3) is 0 Å². The van der Waals surface area contributed by atoms with Crippen molar-refractivity contribution in [3.05, 3.63) is 0 Å². The van der Waals surface area contributed by atoms with Crippen LogP contribution < -0.4 is 12.4 Å². The molecule has 0 spiro atoms. The molecule has 0 fully saturated rings. The summed E-state index contributed by atoms with van der Waals surface area (Å²) >= 11 is 4.83. The Morgan fingerprint density at radius 1 is 1.14 bits per heavy atom. The SMILES string of the molecule is CC(C)(C)[S-].[Cl-].[Mg+2]. The third kappa shape index (κ3) is 109. The second kappa shape index (κ2) is 5.54. The number of hydrogen-bond acceptors (Lipinski definition) is 1. The smallest absolute Gasteiger partial charge is 1.00 e. The topological polar surface area (TPSA) is 0 Å². The third-order valence-corrected chi connectivity index (χ3v) is 0. The Morgan fingerprint density at radius 3 is 1.14 bits per heavy atom. The van der Waals surface area contributed by atoms with E-state index >= 15 is 0 Å². The minimum absolute atomic E-state index is 0. The van der Waals surface area contributed by atoms with Crippen LogP contribution in [0.3, 0.4) is 0 Å². The molecule has 40 valence electrons. The second-order valence-electron chi connectivity index (χ2n) is 2.11. The van der Waals surface area contributed by atoms with Gasteiger partial charge in [0, 0.05) is 0 Å². The summed E-state index contributed by atoms with van der Waals surface area (Å²) in [5.74, 6) is 0. The van der Waals surface area contributed by atoms with E-state index < -0.39 is 0 Å². The summed E-state index contributed by atoms with van der Waals surface area (Å²) in [6.45, 7) is 6.01. The summed E-state index contributed by atoms with van der Waals surface area (Å²) in [5.41, 5.74) is 0. The Labute approximate surface area is 73.4 Å². The molecule has 0 atom stereocenters. The van der Waals surface area contributed by atoms with Crippen molar-refractivity contribution in [2.45, 2.75) is 25.5 Å². The van der Waals surface area contributed by atoms with Crippen LogP contribution in [0, 0.1) is 0 Å². The van der Waals surface area contributed by atoms with Gasteiger partial charge in [-0.1, -0.05) is 20.8 Å². The molecule has 0 heterocycles. The molecule has 0 N–H and O–H groups in total. The summed E-state index contributed by atoms with van der Waals surface area (Å²) < 4.78 is 0.0833. The van der Waals surface area contributed by atoms with Crippen molar-refractivity contribution in [2.75, 3.05) is 0 Å². The largest absolute Gasteiger partial charge is 2.00 e. The van der Waals surface area contributed by atoms with Gasteiger partial charge in [0.05, 0.1) is 0 Å². The molecule has 0 unspecified atom stereocenters. The van der Waals surface area contributed by atoms with Crippen LogP contribution in [0.2, 0.25) is 0 Å². The quantitative estimate of drug-likeness (QED) is 0.282. The summed E-state index contributed by atoms with van der Waals surface area (Å²) in [6, 6.07) is 0. The minimum atomic E-state index is 0. The molecule has 0 aliphatic heterocycles. The van der Waals surface area contributed by atoms with E-state index in [0.717, 1.165) is 0 Å². The number of rotatable bonds is 0. The van der Waals surface area contributed by atoms with Gasteiger partial charge in [0.1, 0.15) is 0 Å². The summed E-state index contributed by atoms with van der Waals surface area (Å²) in [5, 5.41) is 0. The Bertz CT molecular complexity index is 27.2. The fraction of sp³-hybridized carbons (Fsp3) is 1.00. The molecule has 0 nitrogen and oxygen atoms in total. The van der Waals surface area contributed by atoms with Crippen LogP contribution in [0.1, 0.15) is 20.8 Å². The monoisotopic (exact) mass is 148 g/mol. The number of hydrogen-bond donors (Lipinski definition) is 0. The van der Waals surface area contributed by atoms with Crippen molar-refractivity contribution in [3.8, 4) is 0 Å². The van der Waals surface area contributed by atoms with E-state index in [1.54, 1.807) is 0 Å². The first-order valence-electron chi connectivity index (χ1n) is 1.70. The maximum absolute atomic E-state index is 4.83. The second-order valence-corrected chi connectivity index (χ2v) is 3.34. The van der Waals surface area contributed by atoms with Gasteiger partial charge in [-0.05, 0) is 0 Å². The molecule has 0 amide bonds. The molecule has 0 aromatic heterocycles. The van der Waals surface area contributed by atoms with Crippen LogP contribution in [-0.2, 0) is 12.6 Å². The van der Waals surface area contributed by atoms with Crippen molar-refractivity contribution >= 4 is 35.7 Å². The Balaban J connectivity index is -0.0000000800. The molecule has 0 rings (SSSR count).